The minimum absolute atomic E-state index is 0.00336. The molecule has 2 aliphatic carbocycles. The van der Waals surface area contributed by atoms with Crippen LogP contribution < -0.4 is 5.56 Å². The van der Waals surface area contributed by atoms with Crippen molar-refractivity contribution in [3.63, 3.8) is 0 Å². The Morgan fingerprint density at radius 3 is 2.43 bits per heavy atom. The Morgan fingerprint density at radius 2 is 1.79 bits per heavy atom. The average Bonchev–Trinajstić information content (AvgIpc) is 3.32. The van der Waals surface area contributed by atoms with Crippen molar-refractivity contribution in [2.45, 2.75) is 44.6 Å². The Labute approximate surface area is 169 Å². The summed E-state index contributed by atoms with van der Waals surface area (Å²) in [6, 6.07) is 16.9. The molecule has 2 aromatic carbocycles. The van der Waals surface area contributed by atoms with Gasteiger partial charge in [-0.2, -0.15) is 0 Å². The van der Waals surface area contributed by atoms with Crippen molar-refractivity contribution in [2.24, 2.45) is 11.3 Å². The predicted octanol–water partition coefficient (Wildman–Crippen LogP) is 5.43. The number of hydrogen-bond acceptors (Lipinski definition) is 2. The first-order valence-electron chi connectivity index (χ1n) is 10.0. The summed E-state index contributed by atoms with van der Waals surface area (Å²) in [5.41, 5.74) is 0.624. The van der Waals surface area contributed by atoms with Gasteiger partial charge >= 0.3 is 0 Å². The van der Waals surface area contributed by atoms with E-state index in [-0.39, 0.29) is 11.0 Å². The summed E-state index contributed by atoms with van der Waals surface area (Å²) in [4.78, 5) is 12.7. The Morgan fingerprint density at radius 1 is 1.11 bits per heavy atom. The number of nitrogens with zero attached hydrogens (tertiary/aromatic N) is 1. The zero-order chi connectivity index (χ0) is 19.5. The van der Waals surface area contributed by atoms with E-state index in [1.54, 1.807) is 6.07 Å². The van der Waals surface area contributed by atoms with Gasteiger partial charge in [-0.05, 0) is 68.0 Å². The molecule has 0 radical (unpaired) electrons. The van der Waals surface area contributed by atoms with Crippen molar-refractivity contribution in [1.29, 1.82) is 0 Å². The first-order valence-corrected chi connectivity index (χ1v) is 10.4. The number of fused-ring (bicyclic) bond motifs is 3. The molecule has 2 fully saturated rings. The summed E-state index contributed by atoms with van der Waals surface area (Å²) in [7, 11) is 0. The fourth-order valence-corrected chi connectivity index (χ4v) is 5.94. The smallest absolute Gasteiger partial charge is 0.256 e. The number of hydrogen-bond donors (Lipinski definition) is 1. The molecule has 2 bridgehead atoms. The Bertz CT molecular complexity index is 1110. The second-order valence-electron chi connectivity index (χ2n) is 8.74. The van der Waals surface area contributed by atoms with E-state index in [0.29, 0.717) is 10.8 Å². The Balaban J connectivity index is 1.56. The highest BCUT2D eigenvalue weighted by atomic mass is 35.5. The molecule has 4 heteroatoms. The van der Waals surface area contributed by atoms with Gasteiger partial charge in [0.25, 0.3) is 5.56 Å². The standard InChI is InChI=1S/C24H24ClNO2/c1-23(28,24-12-10-16(15-24)11-13-24)18-6-8-19(9-7-18)26-21(27)14-17-4-2-3-5-20(17)22(26)25/h2-9,14,16,28H,10-13,15H2,1H3. The van der Waals surface area contributed by atoms with Crippen molar-refractivity contribution in [2.75, 3.05) is 0 Å². The van der Waals surface area contributed by atoms with E-state index in [4.69, 9.17) is 11.6 Å². The van der Waals surface area contributed by atoms with Crippen LogP contribution in [-0.2, 0) is 5.60 Å². The maximum Gasteiger partial charge on any atom is 0.256 e. The zero-order valence-corrected chi connectivity index (χ0v) is 16.7. The van der Waals surface area contributed by atoms with Gasteiger partial charge in [0.1, 0.15) is 5.15 Å². The molecule has 0 amide bonds. The van der Waals surface area contributed by atoms with E-state index >= 15 is 0 Å². The molecule has 3 nitrogen and oxygen atoms in total. The largest absolute Gasteiger partial charge is 0.385 e. The minimum atomic E-state index is -0.852. The van der Waals surface area contributed by atoms with Crippen LogP contribution in [0.3, 0.4) is 0 Å². The number of halogens is 1. The molecule has 0 aliphatic heterocycles. The van der Waals surface area contributed by atoms with Gasteiger partial charge in [0.15, 0.2) is 0 Å². The average molecular weight is 394 g/mol. The summed E-state index contributed by atoms with van der Waals surface area (Å²) < 4.78 is 1.53. The van der Waals surface area contributed by atoms with Crippen LogP contribution in [0.15, 0.2) is 59.4 Å². The van der Waals surface area contributed by atoms with Crippen LogP contribution in [0.1, 0.15) is 44.6 Å². The molecule has 2 aliphatic rings. The summed E-state index contributed by atoms with van der Waals surface area (Å²) in [5, 5.41) is 13.6. The first kappa shape index (κ1) is 18.0. The second kappa shape index (κ2) is 6.20. The van der Waals surface area contributed by atoms with E-state index in [2.05, 4.69) is 0 Å². The normalized spacial score (nSPS) is 25.9. The molecular weight excluding hydrogens is 370 g/mol. The van der Waals surface area contributed by atoms with Crippen molar-refractivity contribution in [1.82, 2.24) is 4.57 Å². The monoisotopic (exact) mass is 393 g/mol. The van der Waals surface area contributed by atoms with E-state index < -0.39 is 5.60 Å². The van der Waals surface area contributed by atoms with Crippen LogP contribution in [-0.4, -0.2) is 9.67 Å². The van der Waals surface area contributed by atoms with E-state index in [1.165, 1.54) is 17.4 Å². The lowest BCUT2D eigenvalue weighted by molar-refractivity contribution is -0.0722. The van der Waals surface area contributed by atoms with Crippen molar-refractivity contribution in [3.05, 3.63) is 75.7 Å². The summed E-state index contributed by atoms with van der Waals surface area (Å²) >= 11 is 6.58. The van der Waals surface area contributed by atoms with Crippen LogP contribution in [0, 0.1) is 11.3 Å². The lowest BCUT2D eigenvalue weighted by atomic mass is 9.67. The molecule has 5 rings (SSSR count). The number of benzene rings is 2. The molecule has 28 heavy (non-hydrogen) atoms. The van der Waals surface area contributed by atoms with Crippen molar-refractivity contribution < 1.29 is 5.11 Å². The molecule has 2 saturated carbocycles. The maximum atomic E-state index is 12.7. The fraction of sp³-hybridized carbons (Fsp3) is 0.375. The Kier molecular flexibility index (Phi) is 3.98. The van der Waals surface area contributed by atoms with Crippen molar-refractivity contribution in [3.8, 4) is 5.69 Å². The van der Waals surface area contributed by atoms with Gasteiger partial charge in [-0.25, -0.2) is 0 Å². The van der Waals surface area contributed by atoms with Crippen LogP contribution in [0.5, 0.6) is 0 Å². The highest BCUT2D eigenvalue weighted by Crippen LogP contribution is 2.62. The van der Waals surface area contributed by atoms with Gasteiger partial charge in [-0.1, -0.05) is 48.0 Å². The number of rotatable bonds is 3. The fourth-order valence-electron chi connectivity index (χ4n) is 5.58. The molecule has 0 saturated heterocycles. The number of pyridine rings is 1. The van der Waals surface area contributed by atoms with E-state index in [1.807, 2.05) is 55.5 Å². The first-order chi connectivity index (χ1) is 13.4. The predicted molar refractivity (Wildman–Crippen MR) is 113 cm³/mol. The third-order valence-electron chi connectivity index (χ3n) is 7.34. The molecule has 1 aromatic heterocycles. The third kappa shape index (κ3) is 2.49. The van der Waals surface area contributed by atoms with Crippen LogP contribution in [0.4, 0.5) is 0 Å². The topological polar surface area (TPSA) is 42.2 Å². The van der Waals surface area contributed by atoms with Gasteiger partial charge < -0.3 is 5.11 Å². The summed E-state index contributed by atoms with van der Waals surface area (Å²) in [6.45, 7) is 1.96. The van der Waals surface area contributed by atoms with Crippen LogP contribution in [0.25, 0.3) is 16.5 Å². The zero-order valence-electron chi connectivity index (χ0n) is 16.0. The van der Waals surface area contributed by atoms with E-state index in [0.717, 1.165) is 41.5 Å². The summed E-state index contributed by atoms with van der Waals surface area (Å²) in [6.07, 6.45) is 5.79. The number of aliphatic hydroxyl groups is 1. The van der Waals surface area contributed by atoms with Gasteiger partial charge in [0.2, 0.25) is 0 Å². The molecule has 0 spiro atoms. The SMILES string of the molecule is CC(O)(c1ccc(-n2c(Cl)c3ccccc3cc2=O)cc1)C12CCC(CC1)C2. The Hall–Kier alpha value is -2.10. The highest BCUT2D eigenvalue weighted by molar-refractivity contribution is 6.34. The lowest BCUT2D eigenvalue weighted by Crippen LogP contribution is -2.40. The molecule has 1 heterocycles. The molecular formula is C24H24ClNO2. The minimum Gasteiger partial charge on any atom is -0.385 e. The third-order valence-corrected chi connectivity index (χ3v) is 7.71. The highest BCUT2D eigenvalue weighted by Gasteiger charge is 2.55. The molecule has 1 atom stereocenters. The van der Waals surface area contributed by atoms with Gasteiger partial charge in [0.05, 0.1) is 11.3 Å². The summed E-state index contributed by atoms with van der Waals surface area (Å²) in [5.74, 6) is 0.778. The molecule has 3 aromatic rings. The van der Waals surface area contributed by atoms with Gasteiger partial charge in [0, 0.05) is 16.9 Å². The maximum absolute atomic E-state index is 12.7. The molecule has 144 valence electrons. The van der Waals surface area contributed by atoms with E-state index in [9.17, 15) is 9.90 Å². The number of aromatic nitrogens is 1. The van der Waals surface area contributed by atoms with Crippen LogP contribution >= 0.6 is 11.6 Å². The molecule has 1 unspecified atom stereocenters. The molecule has 1 N–H and O–H groups in total. The quantitative estimate of drug-likeness (QED) is 0.602. The van der Waals surface area contributed by atoms with Gasteiger partial charge in [-0.15, -0.1) is 0 Å². The van der Waals surface area contributed by atoms with Gasteiger partial charge in [-0.3, -0.25) is 9.36 Å². The lowest BCUT2D eigenvalue weighted by Gasteiger charge is -2.42. The van der Waals surface area contributed by atoms with Crippen LogP contribution in [0.2, 0.25) is 5.15 Å². The second-order valence-corrected chi connectivity index (χ2v) is 9.10. The van der Waals surface area contributed by atoms with Crippen molar-refractivity contribution >= 4 is 22.4 Å².